The molecule has 0 saturated carbocycles. The fraction of sp³-hybridized carbons (Fsp3) is 0.455. The predicted molar refractivity (Wildman–Crippen MR) is 58.2 cm³/mol. The zero-order valence-corrected chi connectivity index (χ0v) is 8.93. The molecule has 0 unspecified atom stereocenters. The van der Waals surface area contributed by atoms with E-state index in [-0.39, 0.29) is 0 Å². The Labute approximate surface area is 88.0 Å². The van der Waals surface area contributed by atoms with Crippen LogP contribution in [0.4, 0.5) is 0 Å². The van der Waals surface area contributed by atoms with Crippen molar-refractivity contribution in [3.8, 4) is 0 Å². The topological polar surface area (TPSA) is 52.1 Å². The van der Waals surface area contributed by atoms with Crippen LogP contribution in [0.5, 0.6) is 0 Å². The summed E-state index contributed by atoms with van der Waals surface area (Å²) in [5.41, 5.74) is -0.941. The van der Waals surface area contributed by atoms with Crippen molar-refractivity contribution in [1.82, 2.24) is 9.48 Å². The summed E-state index contributed by atoms with van der Waals surface area (Å²) < 4.78 is 1.71. The minimum Gasteiger partial charge on any atom is -0.618 e. The smallest absolute Gasteiger partial charge is 0.371 e. The molecule has 1 aliphatic rings. The second kappa shape index (κ2) is 3.22. The standard InChI is InChI=1S/C11H14N2O2/c1-3-11(4-2)12(14)9-7-5-6-8-10(9)13(11)15/h5-8H,3-4H2,1-2H3. The van der Waals surface area contributed by atoms with E-state index in [9.17, 15) is 10.4 Å². The molecule has 0 radical (unpaired) electrons. The van der Waals surface area contributed by atoms with E-state index in [1.807, 2.05) is 13.8 Å². The lowest BCUT2D eigenvalue weighted by Crippen LogP contribution is -2.50. The first-order valence-corrected chi connectivity index (χ1v) is 5.21. The van der Waals surface area contributed by atoms with Crippen LogP contribution in [0, 0.1) is 10.4 Å². The van der Waals surface area contributed by atoms with Gasteiger partial charge in [-0.25, -0.2) is 0 Å². The van der Waals surface area contributed by atoms with Crippen LogP contribution < -0.4 is 20.2 Å². The molecule has 0 bridgehead atoms. The second-order valence-corrected chi connectivity index (χ2v) is 3.77. The van der Waals surface area contributed by atoms with Crippen LogP contribution in [0.1, 0.15) is 26.7 Å². The third-order valence-electron chi connectivity index (χ3n) is 3.21. The van der Waals surface area contributed by atoms with Gasteiger partial charge in [0.1, 0.15) is 0 Å². The van der Waals surface area contributed by atoms with E-state index in [0.29, 0.717) is 23.6 Å². The Morgan fingerprint density at radius 3 is 1.73 bits per heavy atom. The van der Waals surface area contributed by atoms with E-state index in [1.165, 1.54) is 0 Å². The summed E-state index contributed by atoms with van der Waals surface area (Å²) in [6.07, 6.45) is 1.04. The molecular formula is C11H14N2O2. The van der Waals surface area contributed by atoms with Crippen LogP contribution in [-0.4, -0.2) is 5.66 Å². The van der Waals surface area contributed by atoms with Crippen molar-refractivity contribution >= 4 is 0 Å². The molecule has 0 atom stereocenters. The summed E-state index contributed by atoms with van der Waals surface area (Å²) in [5.74, 6) is 0. The summed E-state index contributed by atoms with van der Waals surface area (Å²) in [5, 5.41) is 25.1. The first-order chi connectivity index (χ1) is 7.17. The molecule has 0 aliphatic carbocycles. The van der Waals surface area contributed by atoms with E-state index >= 15 is 0 Å². The molecule has 0 saturated heterocycles. The molecule has 0 spiro atoms. The van der Waals surface area contributed by atoms with Gasteiger partial charge in [0.05, 0.1) is 12.8 Å². The van der Waals surface area contributed by atoms with Crippen molar-refractivity contribution in [2.24, 2.45) is 0 Å². The molecule has 0 fully saturated rings. The molecule has 0 amide bonds. The van der Waals surface area contributed by atoms with Crippen molar-refractivity contribution in [3.63, 3.8) is 0 Å². The maximum absolute atomic E-state index is 12.1. The number of hydrogen-bond acceptors (Lipinski definition) is 2. The van der Waals surface area contributed by atoms with Crippen molar-refractivity contribution in [1.29, 1.82) is 0 Å². The van der Waals surface area contributed by atoms with Gasteiger partial charge in [-0.1, -0.05) is 26.0 Å². The Kier molecular flexibility index (Phi) is 2.14. The highest BCUT2D eigenvalue weighted by atomic mass is 16.5. The molecule has 1 aliphatic heterocycles. The van der Waals surface area contributed by atoms with Crippen LogP contribution >= 0.6 is 0 Å². The first kappa shape index (κ1) is 9.96. The Hall–Kier alpha value is -1.58. The lowest BCUT2D eigenvalue weighted by Gasteiger charge is -2.23. The van der Waals surface area contributed by atoms with Crippen LogP contribution in [0.2, 0.25) is 0 Å². The Morgan fingerprint density at radius 2 is 1.40 bits per heavy atom. The van der Waals surface area contributed by atoms with E-state index in [1.54, 1.807) is 24.3 Å². The van der Waals surface area contributed by atoms with Crippen molar-refractivity contribution in [2.45, 2.75) is 32.4 Å². The number of rotatable bonds is 2. The maximum atomic E-state index is 12.1. The highest BCUT2D eigenvalue weighted by Gasteiger charge is 2.48. The van der Waals surface area contributed by atoms with Gasteiger partial charge in [0.2, 0.25) is 0 Å². The average molecular weight is 206 g/mol. The Bertz CT molecular complexity index is 461. The quantitative estimate of drug-likeness (QED) is 0.512. The van der Waals surface area contributed by atoms with Gasteiger partial charge in [-0.15, -0.1) is 9.48 Å². The molecule has 0 N–H and O–H groups in total. The molecule has 15 heavy (non-hydrogen) atoms. The number of hydroxylamine groups is 2. The van der Waals surface area contributed by atoms with Gasteiger partial charge >= 0.3 is 5.66 Å². The van der Waals surface area contributed by atoms with Gasteiger partial charge in [-0.05, 0) is 0 Å². The van der Waals surface area contributed by atoms with Gasteiger partial charge < -0.3 is 10.4 Å². The molecule has 1 aromatic rings. The molecule has 0 aromatic heterocycles. The number of benzene rings is 1. The maximum Gasteiger partial charge on any atom is 0.371 e. The number of para-hydroxylation sites is 2. The molecule has 1 aromatic carbocycles. The highest BCUT2D eigenvalue weighted by molar-refractivity contribution is 5.10. The van der Waals surface area contributed by atoms with Gasteiger partial charge in [0.25, 0.3) is 10.7 Å². The minimum absolute atomic E-state index is 0.483. The monoisotopic (exact) mass is 206 g/mol. The number of hydrogen-bond donors (Lipinski definition) is 0. The number of nitrogens with zero attached hydrogens (tertiary/aromatic N) is 2. The Morgan fingerprint density at radius 1 is 1.00 bits per heavy atom. The lowest BCUT2D eigenvalue weighted by atomic mass is 10.1. The lowest BCUT2D eigenvalue weighted by molar-refractivity contribution is 0.240. The largest absolute Gasteiger partial charge is 0.618 e. The summed E-state index contributed by atoms with van der Waals surface area (Å²) in [4.78, 5) is 0. The summed E-state index contributed by atoms with van der Waals surface area (Å²) in [6.45, 7) is 3.73. The van der Waals surface area contributed by atoms with Gasteiger partial charge in [-0.2, -0.15) is 0 Å². The summed E-state index contributed by atoms with van der Waals surface area (Å²) in [6, 6.07) is 6.94. The fourth-order valence-corrected chi connectivity index (χ4v) is 2.16. The minimum atomic E-state index is -0.941. The van der Waals surface area contributed by atoms with E-state index in [0.717, 1.165) is 9.48 Å². The van der Waals surface area contributed by atoms with Crippen LogP contribution in [-0.2, 0) is 0 Å². The molecular weight excluding hydrogens is 192 g/mol. The van der Waals surface area contributed by atoms with Crippen molar-refractivity contribution < 1.29 is 0 Å². The predicted octanol–water partition coefficient (Wildman–Crippen LogP) is 0.194. The normalized spacial score (nSPS) is 18.0. The van der Waals surface area contributed by atoms with E-state index < -0.39 is 5.66 Å². The zero-order chi connectivity index (χ0) is 11.1. The first-order valence-electron chi connectivity index (χ1n) is 5.21. The zero-order valence-electron chi connectivity index (χ0n) is 8.93. The highest BCUT2D eigenvalue weighted by Crippen LogP contribution is 2.17. The molecule has 2 rings (SSSR count). The SMILES string of the molecule is CCC1(CC)[N+]([O-])=c2ccccc2=[N+]1[O-]. The van der Waals surface area contributed by atoms with Crippen molar-refractivity contribution in [2.75, 3.05) is 0 Å². The van der Waals surface area contributed by atoms with Gasteiger partial charge in [0.15, 0.2) is 0 Å². The van der Waals surface area contributed by atoms with E-state index in [2.05, 4.69) is 0 Å². The molecule has 4 heteroatoms. The third-order valence-corrected chi connectivity index (χ3v) is 3.21. The second-order valence-electron chi connectivity index (χ2n) is 3.77. The average Bonchev–Trinajstić information content (AvgIpc) is 2.51. The fourth-order valence-electron chi connectivity index (χ4n) is 2.16. The molecule has 80 valence electrons. The number of fused-ring (bicyclic) bond motifs is 1. The molecule has 4 nitrogen and oxygen atoms in total. The van der Waals surface area contributed by atoms with Gasteiger partial charge in [0, 0.05) is 12.1 Å². The summed E-state index contributed by atoms with van der Waals surface area (Å²) >= 11 is 0. The van der Waals surface area contributed by atoms with Gasteiger partial charge in [-0.3, -0.25) is 0 Å². The van der Waals surface area contributed by atoms with Crippen LogP contribution in [0.25, 0.3) is 0 Å². The van der Waals surface area contributed by atoms with Crippen LogP contribution in [0.3, 0.4) is 0 Å². The Balaban J connectivity index is 2.86. The van der Waals surface area contributed by atoms with Crippen LogP contribution in [0.15, 0.2) is 24.3 Å². The molecule has 1 heterocycles. The summed E-state index contributed by atoms with van der Waals surface area (Å²) in [7, 11) is 0. The third kappa shape index (κ3) is 1.07. The van der Waals surface area contributed by atoms with Crippen molar-refractivity contribution in [3.05, 3.63) is 45.4 Å². The van der Waals surface area contributed by atoms with E-state index in [4.69, 9.17) is 0 Å².